The van der Waals surface area contributed by atoms with Gasteiger partial charge in [-0.1, -0.05) is 58.0 Å². The summed E-state index contributed by atoms with van der Waals surface area (Å²) in [5, 5.41) is 2.94. The van der Waals surface area contributed by atoms with E-state index >= 15 is 0 Å². The van der Waals surface area contributed by atoms with Crippen LogP contribution < -0.4 is 11.1 Å². The third-order valence-electron chi connectivity index (χ3n) is 3.28. The van der Waals surface area contributed by atoms with Gasteiger partial charge in [0.25, 0.3) is 0 Å². The maximum absolute atomic E-state index is 11.8. The fourth-order valence-electron chi connectivity index (χ4n) is 1.72. The molecular weight excluding hydrogens is 260 g/mol. The zero-order chi connectivity index (χ0) is 13.8. The van der Waals surface area contributed by atoms with Gasteiger partial charge in [0, 0.05) is 12.0 Å². The molecule has 3 N–H and O–H groups in total. The first-order valence-corrected chi connectivity index (χ1v) is 6.43. The summed E-state index contributed by atoms with van der Waals surface area (Å²) in [7, 11) is 0. The van der Waals surface area contributed by atoms with Crippen molar-refractivity contribution in [3.05, 3.63) is 35.9 Å². The second-order valence-electron chi connectivity index (χ2n) is 5.74. The van der Waals surface area contributed by atoms with E-state index in [0.717, 1.165) is 0 Å². The third kappa shape index (κ3) is 5.21. The van der Waals surface area contributed by atoms with Crippen molar-refractivity contribution in [1.82, 2.24) is 5.32 Å². The molecule has 1 amide bonds. The Kier molecular flexibility index (Phi) is 7.09. The van der Waals surface area contributed by atoms with Crippen LogP contribution in [0.15, 0.2) is 30.3 Å². The number of hydrogen-bond acceptors (Lipinski definition) is 2. The van der Waals surface area contributed by atoms with E-state index in [0.29, 0.717) is 6.54 Å². The Balaban J connectivity index is 0.00000324. The number of amides is 1. The predicted octanol–water partition coefficient (Wildman–Crippen LogP) is 2.49. The van der Waals surface area contributed by atoms with Gasteiger partial charge in [-0.15, -0.1) is 12.4 Å². The van der Waals surface area contributed by atoms with Gasteiger partial charge in [0.1, 0.15) is 0 Å². The van der Waals surface area contributed by atoms with Gasteiger partial charge in [-0.2, -0.15) is 0 Å². The lowest BCUT2D eigenvalue weighted by molar-refractivity contribution is -0.123. The molecule has 19 heavy (non-hydrogen) atoms. The summed E-state index contributed by atoms with van der Waals surface area (Å²) >= 11 is 0. The summed E-state index contributed by atoms with van der Waals surface area (Å²) in [6, 6.07) is 9.74. The zero-order valence-corrected chi connectivity index (χ0v) is 13.0. The SMILES string of the molecule is CC(C)[C@@H](N)C(=O)NCC(C)(C)c1ccccc1.Cl. The second kappa shape index (κ2) is 7.51. The number of carbonyl (C=O) groups is 1. The predicted molar refractivity (Wildman–Crippen MR) is 82.5 cm³/mol. The van der Waals surface area contributed by atoms with Crippen molar-refractivity contribution >= 4 is 18.3 Å². The van der Waals surface area contributed by atoms with Crippen LogP contribution in [0.2, 0.25) is 0 Å². The van der Waals surface area contributed by atoms with E-state index in [-0.39, 0.29) is 29.6 Å². The molecule has 3 nitrogen and oxygen atoms in total. The van der Waals surface area contributed by atoms with Crippen LogP contribution in [0.25, 0.3) is 0 Å². The molecule has 0 heterocycles. The van der Waals surface area contributed by atoms with Gasteiger partial charge in [-0.05, 0) is 11.5 Å². The van der Waals surface area contributed by atoms with Crippen molar-refractivity contribution in [2.24, 2.45) is 11.7 Å². The molecule has 0 aliphatic carbocycles. The molecule has 0 unspecified atom stereocenters. The Hall–Kier alpha value is -1.06. The summed E-state index contributed by atoms with van der Waals surface area (Å²) in [4.78, 5) is 11.8. The maximum Gasteiger partial charge on any atom is 0.237 e. The van der Waals surface area contributed by atoms with E-state index in [1.807, 2.05) is 32.0 Å². The number of carbonyl (C=O) groups excluding carboxylic acids is 1. The van der Waals surface area contributed by atoms with Crippen LogP contribution in [0, 0.1) is 5.92 Å². The van der Waals surface area contributed by atoms with Gasteiger partial charge in [0.2, 0.25) is 5.91 Å². The number of halogens is 1. The Morgan fingerprint density at radius 1 is 1.26 bits per heavy atom. The van der Waals surface area contributed by atoms with E-state index in [2.05, 4.69) is 31.3 Å². The van der Waals surface area contributed by atoms with Crippen molar-refractivity contribution in [3.63, 3.8) is 0 Å². The van der Waals surface area contributed by atoms with Crippen LogP contribution in [-0.2, 0) is 10.2 Å². The molecule has 0 saturated carbocycles. The molecule has 1 atom stereocenters. The number of rotatable bonds is 5. The monoisotopic (exact) mass is 284 g/mol. The molecule has 108 valence electrons. The van der Waals surface area contributed by atoms with Crippen LogP contribution >= 0.6 is 12.4 Å². The highest BCUT2D eigenvalue weighted by molar-refractivity contribution is 5.85. The van der Waals surface area contributed by atoms with E-state index in [1.54, 1.807) is 0 Å². The Morgan fingerprint density at radius 2 is 1.79 bits per heavy atom. The van der Waals surface area contributed by atoms with Crippen molar-refractivity contribution < 1.29 is 4.79 Å². The second-order valence-corrected chi connectivity index (χ2v) is 5.74. The van der Waals surface area contributed by atoms with E-state index < -0.39 is 6.04 Å². The molecule has 1 aromatic carbocycles. The molecule has 0 saturated heterocycles. The largest absolute Gasteiger partial charge is 0.354 e. The fraction of sp³-hybridized carbons (Fsp3) is 0.533. The molecule has 0 spiro atoms. The van der Waals surface area contributed by atoms with Crippen molar-refractivity contribution in [2.75, 3.05) is 6.54 Å². The summed E-state index contributed by atoms with van der Waals surface area (Å²) < 4.78 is 0. The van der Waals surface area contributed by atoms with Gasteiger partial charge in [0.05, 0.1) is 6.04 Å². The fourth-order valence-corrected chi connectivity index (χ4v) is 1.72. The van der Waals surface area contributed by atoms with Crippen molar-refractivity contribution in [3.8, 4) is 0 Å². The third-order valence-corrected chi connectivity index (χ3v) is 3.28. The number of nitrogens with one attached hydrogen (secondary N) is 1. The topological polar surface area (TPSA) is 55.1 Å². The molecule has 0 fully saturated rings. The molecule has 4 heteroatoms. The molecule has 0 aliphatic heterocycles. The molecule has 0 radical (unpaired) electrons. The summed E-state index contributed by atoms with van der Waals surface area (Å²) in [6.45, 7) is 8.72. The van der Waals surface area contributed by atoms with Gasteiger partial charge in [-0.25, -0.2) is 0 Å². The van der Waals surface area contributed by atoms with Gasteiger partial charge in [0.15, 0.2) is 0 Å². The summed E-state index contributed by atoms with van der Waals surface area (Å²) in [6.07, 6.45) is 0. The molecule has 1 rings (SSSR count). The van der Waals surface area contributed by atoms with Crippen LogP contribution in [0.1, 0.15) is 33.3 Å². The molecule has 0 aromatic heterocycles. The van der Waals surface area contributed by atoms with E-state index in [4.69, 9.17) is 5.73 Å². The standard InChI is InChI=1S/C15H24N2O.ClH/c1-11(2)13(16)14(18)17-10-15(3,4)12-8-6-5-7-9-12;/h5-9,11,13H,10,16H2,1-4H3,(H,17,18);1H/t13-;/m1./s1. The highest BCUT2D eigenvalue weighted by Crippen LogP contribution is 2.21. The zero-order valence-electron chi connectivity index (χ0n) is 12.1. The number of hydrogen-bond donors (Lipinski definition) is 2. The highest BCUT2D eigenvalue weighted by Gasteiger charge is 2.23. The van der Waals surface area contributed by atoms with Crippen molar-refractivity contribution in [2.45, 2.75) is 39.2 Å². The lowest BCUT2D eigenvalue weighted by Gasteiger charge is -2.27. The first-order valence-electron chi connectivity index (χ1n) is 6.43. The average molecular weight is 285 g/mol. The summed E-state index contributed by atoms with van der Waals surface area (Å²) in [5.41, 5.74) is 6.94. The smallest absolute Gasteiger partial charge is 0.237 e. The minimum atomic E-state index is -0.434. The maximum atomic E-state index is 11.8. The Bertz CT molecular complexity index is 390. The van der Waals surface area contributed by atoms with Crippen LogP contribution in [0.4, 0.5) is 0 Å². The van der Waals surface area contributed by atoms with Gasteiger partial charge < -0.3 is 11.1 Å². The van der Waals surface area contributed by atoms with Gasteiger partial charge in [-0.3, -0.25) is 4.79 Å². The molecular formula is C15H25ClN2O. The highest BCUT2D eigenvalue weighted by atomic mass is 35.5. The molecule has 0 bridgehead atoms. The summed E-state index contributed by atoms with van der Waals surface area (Å²) in [5.74, 6) is 0.0823. The number of benzene rings is 1. The Morgan fingerprint density at radius 3 is 2.26 bits per heavy atom. The molecule has 0 aliphatic rings. The van der Waals surface area contributed by atoms with Crippen LogP contribution in [0.3, 0.4) is 0 Å². The van der Waals surface area contributed by atoms with Crippen LogP contribution in [-0.4, -0.2) is 18.5 Å². The first-order chi connectivity index (χ1) is 8.34. The minimum Gasteiger partial charge on any atom is -0.354 e. The lowest BCUT2D eigenvalue weighted by Crippen LogP contribution is -2.47. The average Bonchev–Trinajstić information content (AvgIpc) is 2.36. The normalized spacial score (nSPS) is 12.7. The quantitative estimate of drug-likeness (QED) is 0.873. The molecule has 1 aromatic rings. The first kappa shape index (κ1) is 17.9. The van der Waals surface area contributed by atoms with Crippen LogP contribution in [0.5, 0.6) is 0 Å². The minimum absolute atomic E-state index is 0. The van der Waals surface area contributed by atoms with E-state index in [1.165, 1.54) is 5.56 Å². The number of nitrogens with two attached hydrogens (primary N) is 1. The Labute approximate surface area is 122 Å². The van der Waals surface area contributed by atoms with Gasteiger partial charge >= 0.3 is 0 Å². The van der Waals surface area contributed by atoms with Crippen molar-refractivity contribution in [1.29, 1.82) is 0 Å². The lowest BCUT2D eigenvalue weighted by atomic mass is 9.84. The van der Waals surface area contributed by atoms with E-state index in [9.17, 15) is 4.79 Å².